The second-order valence-corrected chi connectivity index (χ2v) is 10.5. The number of ketones is 1. The smallest absolute Gasteiger partial charge is 0.154 e. The molecule has 0 bridgehead atoms. The average Bonchev–Trinajstić information content (AvgIpc) is 2.83. The Kier molecular flexibility index (Phi) is 11.7. The van der Waals surface area contributed by atoms with Crippen molar-refractivity contribution < 1.29 is 21.3 Å². The summed E-state index contributed by atoms with van der Waals surface area (Å²) in [5.74, 6) is 0.0249. The first-order valence-corrected chi connectivity index (χ1v) is 12.7. The number of rotatable bonds is 6. The molecule has 1 N–H and O–H groups in total. The van der Waals surface area contributed by atoms with Gasteiger partial charge in [-0.1, -0.05) is 72.8 Å². The van der Waals surface area contributed by atoms with Crippen LogP contribution in [0.15, 0.2) is 132 Å². The van der Waals surface area contributed by atoms with E-state index in [9.17, 15) is 4.79 Å². The fraction of sp³-hybridized carbons (Fsp3) is 0.0690. The van der Waals surface area contributed by atoms with Gasteiger partial charge in [0.2, 0.25) is 0 Å². The molecule has 2 nitrogen and oxygen atoms in total. The quantitative estimate of drug-likeness (QED) is 0.151. The number of anilines is 1. The number of hydrogen-bond acceptors (Lipinski definition) is 3. The minimum absolute atomic E-state index is 0. The molecule has 0 aliphatic carbocycles. The molecular weight excluding hydrogens is 500 g/mol. The SMILES string of the molecule is CC(=O)C=C(C)Nc1ccccc1[S-].[Ni].c1ccc([PH+](c2ccccc2)c2ccccc2)cc1. The van der Waals surface area contributed by atoms with Crippen LogP contribution in [-0.4, -0.2) is 5.78 Å². The van der Waals surface area contributed by atoms with E-state index in [4.69, 9.17) is 12.6 Å². The van der Waals surface area contributed by atoms with Gasteiger partial charge in [0.05, 0.1) is 7.92 Å². The summed E-state index contributed by atoms with van der Waals surface area (Å²) in [6.07, 6.45) is 1.54. The Hall–Kier alpha value is -2.77. The van der Waals surface area contributed by atoms with Gasteiger partial charge in [-0.3, -0.25) is 4.79 Å². The van der Waals surface area contributed by atoms with Crippen molar-refractivity contribution in [3.8, 4) is 0 Å². The van der Waals surface area contributed by atoms with Crippen LogP contribution in [0.3, 0.4) is 0 Å². The molecule has 176 valence electrons. The van der Waals surface area contributed by atoms with Crippen molar-refractivity contribution in [1.29, 1.82) is 0 Å². The Balaban J connectivity index is 0.000000245. The van der Waals surface area contributed by atoms with Crippen molar-refractivity contribution in [3.63, 3.8) is 0 Å². The van der Waals surface area contributed by atoms with Crippen LogP contribution in [0.25, 0.3) is 0 Å². The fourth-order valence-corrected chi connectivity index (χ4v) is 6.21. The van der Waals surface area contributed by atoms with Crippen molar-refractivity contribution in [1.82, 2.24) is 0 Å². The Bertz CT molecular complexity index is 1090. The summed E-state index contributed by atoms with van der Waals surface area (Å²) in [4.78, 5) is 11.5. The van der Waals surface area contributed by atoms with Crippen LogP contribution in [0.2, 0.25) is 0 Å². The molecule has 4 rings (SSSR count). The normalized spacial score (nSPS) is 10.5. The van der Waals surface area contributed by atoms with Crippen LogP contribution in [0, 0.1) is 0 Å². The van der Waals surface area contributed by atoms with Crippen LogP contribution in [0.1, 0.15) is 13.8 Å². The van der Waals surface area contributed by atoms with Crippen LogP contribution in [0.5, 0.6) is 0 Å². The molecule has 0 radical (unpaired) electrons. The zero-order chi connectivity index (χ0) is 23.5. The molecule has 4 aromatic rings. The summed E-state index contributed by atoms with van der Waals surface area (Å²) < 4.78 is 0. The van der Waals surface area contributed by atoms with Gasteiger partial charge in [0.25, 0.3) is 0 Å². The third kappa shape index (κ3) is 8.54. The van der Waals surface area contributed by atoms with Crippen LogP contribution in [0.4, 0.5) is 5.69 Å². The second-order valence-electron chi connectivity index (χ2n) is 7.53. The molecule has 0 fully saturated rings. The first kappa shape index (κ1) is 27.5. The number of nitrogens with one attached hydrogen (secondary N) is 1. The third-order valence-corrected chi connectivity index (χ3v) is 7.91. The van der Waals surface area contributed by atoms with E-state index in [1.165, 1.54) is 22.8 Å². The van der Waals surface area contributed by atoms with Crippen molar-refractivity contribution >= 4 is 47.9 Å². The van der Waals surface area contributed by atoms with E-state index in [0.29, 0.717) is 0 Å². The van der Waals surface area contributed by atoms with Crippen LogP contribution >= 0.6 is 7.92 Å². The molecule has 0 saturated carbocycles. The van der Waals surface area contributed by atoms with E-state index >= 15 is 0 Å². The minimum atomic E-state index is -0.877. The summed E-state index contributed by atoms with van der Waals surface area (Å²) in [6, 6.07) is 40.0. The molecule has 5 heteroatoms. The zero-order valence-electron chi connectivity index (χ0n) is 19.2. The fourth-order valence-electron chi connectivity index (χ4n) is 3.44. The van der Waals surface area contributed by atoms with Gasteiger partial charge in [-0.05, 0) is 62.4 Å². The molecule has 0 saturated heterocycles. The molecule has 34 heavy (non-hydrogen) atoms. The van der Waals surface area contributed by atoms with Gasteiger partial charge in [-0.25, -0.2) is 0 Å². The Morgan fingerprint density at radius 1 is 0.676 bits per heavy atom. The number of allylic oxidation sites excluding steroid dienone is 2. The predicted molar refractivity (Wildman–Crippen MR) is 147 cm³/mol. The van der Waals surface area contributed by atoms with Crippen molar-refractivity contribution in [3.05, 3.63) is 127 Å². The summed E-state index contributed by atoms with van der Waals surface area (Å²) in [6.45, 7) is 3.36. The summed E-state index contributed by atoms with van der Waals surface area (Å²) in [5.41, 5.74) is 1.66. The van der Waals surface area contributed by atoms with E-state index in [2.05, 4.69) is 96.3 Å². The first-order chi connectivity index (χ1) is 16.0. The topological polar surface area (TPSA) is 29.1 Å². The van der Waals surface area contributed by atoms with Gasteiger partial charge >= 0.3 is 0 Å². The first-order valence-electron chi connectivity index (χ1n) is 10.8. The molecule has 0 aliphatic heterocycles. The molecule has 0 aromatic heterocycles. The van der Waals surface area contributed by atoms with Gasteiger partial charge in [-0.2, -0.15) is 4.90 Å². The Morgan fingerprint density at radius 3 is 1.44 bits per heavy atom. The average molecular weight is 528 g/mol. The van der Waals surface area contributed by atoms with Gasteiger partial charge in [0, 0.05) is 27.9 Å². The van der Waals surface area contributed by atoms with Crippen LogP contribution < -0.4 is 21.2 Å². The molecular formula is C29H28NNiOPS. The zero-order valence-corrected chi connectivity index (χ0v) is 22.0. The Labute approximate surface area is 219 Å². The maximum atomic E-state index is 10.8. The summed E-state index contributed by atoms with van der Waals surface area (Å²) in [5, 5.41) is 7.38. The number of carbonyl (C=O) groups excluding carboxylic acids is 1. The molecule has 0 aliphatic rings. The second kappa shape index (κ2) is 14.5. The van der Waals surface area contributed by atoms with Crippen molar-refractivity contribution in [2.45, 2.75) is 18.7 Å². The van der Waals surface area contributed by atoms with Gasteiger partial charge in [-0.15, -0.1) is 0 Å². The van der Waals surface area contributed by atoms with E-state index < -0.39 is 7.92 Å². The van der Waals surface area contributed by atoms with E-state index in [0.717, 1.165) is 16.3 Å². The predicted octanol–water partition coefficient (Wildman–Crippen LogP) is 5.67. The number of para-hydroxylation sites is 1. The number of hydrogen-bond donors (Lipinski definition) is 1. The minimum Gasteiger partial charge on any atom is -0.778 e. The molecule has 4 aromatic carbocycles. The molecule has 0 atom stereocenters. The van der Waals surface area contributed by atoms with Gasteiger partial charge in [0.15, 0.2) is 5.78 Å². The molecule has 0 heterocycles. The van der Waals surface area contributed by atoms with E-state index in [1.807, 2.05) is 31.2 Å². The molecule has 0 amide bonds. The monoisotopic (exact) mass is 527 g/mol. The number of benzene rings is 4. The van der Waals surface area contributed by atoms with Gasteiger partial charge < -0.3 is 17.9 Å². The van der Waals surface area contributed by atoms with Gasteiger partial charge in [0.1, 0.15) is 15.9 Å². The van der Waals surface area contributed by atoms with Crippen molar-refractivity contribution in [2.24, 2.45) is 0 Å². The van der Waals surface area contributed by atoms with E-state index in [1.54, 1.807) is 6.08 Å². The van der Waals surface area contributed by atoms with Crippen LogP contribution in [-0.2, 0) is 33.9 Å². The van der Waals surface area contributed by atoms with E-state index in [-0.39, 0.29) is 22.3 Å². The third-order valence-electron chi connectivity index (χ3n) is 4.83. The molecule has 0 unspecified atom stereocenters. The Morgan fingerprint density at radius 2 is 1.06 bits per heavy atom. The maximum absolute atomic E-state index is 10.8. The summed E-state index contributed by atoms with van der Waals surface area (Å²) >= 11 is 5.11. The van der Waals surface area contributed by atoms with Crippen molar-refractivity contribution in [2.75, 3.05) is 5.32 Å². The number of carbonyl (C=O) groups is 1. The largest absolute Gasteiger partial charge is 0.778 e. The maximum Gasteiger partial charge on any atom is 0.154 e. The summed E-state index contributed by atoms with van der Waals surface area (Å²) in [7, 11) is -0.877. The standard InChI is InChI=1S/C18H15P.C11H13NOS.Ni/c1-4-10-16(11-5-1)19(17-12-6-2-7-13-17)18-14-8-3-9-15-18;1-8(7-9(2)13)12-10-5-3-4-6-11(10)14;/h1-15H;3-7,12,14H,1-2H3;. The molecule has 0 spiro atoms.